The van der Waals surface area contributed by atoms with Gasteiger partial charge >= 0.3 is 6.03 Å². The van der Waals surface area contributed by atoms with Gasteiger partial charge in [-0.25, -0.2) is 4.79 Å². The third kappa shape index (κ3) is 3.31. The van der Waals surface area contributed by atoms with E-state index in [0.717, 1.165) is 18.5 Å². The molecule has 1 N–H and O–H groups in total. The summed E-state index contributed by atoms with van der Waals surface area (Å²) in [5.74, 6) is 1.63. The number of nitrogens with zero attached hydrogens (tertiary/aromatic N) is 2. The first-order valence-corrected chi connectivity index (χ1v) is 10.5. The minimum Gasteiger partial charge on any atom is -0.338 e. The van der Waals surface area contributed by atoms with Crippen LogP contribution in [0, 0.1) is 11.8 Å². The third-order valence-electron chi connectivity index (χ3n) is 7.37. The average molecular weight is 334 g/mol. The standard InChI is InChI=1S/C20H35N3O/c1-15-6-8-17(9-7-15)22-12-10-18(11-13-22)23-19-5-3-2-4-16(19)14-21-20(23)24/h15-19H,2-14H2,1H3,(H,21,24). The minimum atomic E-state index is 0.225. The molecule has 2 saturated carbocycles. The summed E-state index contributed by atoms with van der Waals surface area (Å²) < 4.78 is 0. The molecule has 0 aromatic carbocycles. The van der Waals surface area contributed by atoms with Gasteiger partial charge in [-0.1, -0.05) is 19.8 Å². The summed E-state index contributed by atoms with van der Waals surface area (Å²) in [6.45, 7) is 5.72. The molecule has 4 rings (SSSR count). The Bertz CT molecular complexity index is 438. The highest BCUT2D eigenvalue weighted by atomic mass is 16.2. The van der Waals surface area contributed by atoms with E-state index in [9.17, 15) is 4.79 Å². The number of amides is 2. The van der Waals surface area contributed by atoms with Gasteiger partial charge in [-0.05, 0) is 63.2 Å². The second-order valence-electron chi connectivity index (χ2n) is 8.89. The zero-order chi connectivity index (χ0) is 16.5. The number of urea groups is 1. The Labute approximate surface area is 147 Å². The zero-order valence-corrected chi connectivity index (χ0v) is 15.4. The highest BCUT2D eigenvalue weighted by molar-refractivity contribution is 5.76. The van der Waals surface area contributed by atoms with Gasteiger partial charge in [0.05, 0.1) is 0 Å². The maximum Gasteiger partial charge on any atom is 0.317 e. The second-order valence-corrected chi connectivity index (χ2v) is 8.89. The molecule has 2 unspecified atom stereocenters. The third-order valence-corrected chi connectivity index (χ3v) is 7.37. The van der Waals surface area contributed by atoms with E-state index in [4.69, 9.17) is 0 Å². The molecule has 0 aromatic heterocycles. The number of likely N-dealkylation sites (tertiary alicyclic amines) is 1. The van der Waals surface area contributed by atoms with E-state index in [1.165, 1.54) is 77.3 Å². The van der Waals surface area contributed by atoms with Crippen LogP contribution >= 0.6 is 0 Å². The molecule has 4 aliphatic rings. The van der Waals surface area contributed by atoms with Crippen LogP contribution in [0.1, 0.15) is 71.1 Å². The summed E-state index contributed by atoms with van der Waals surface area (Å²) in [5, 5.41) is 3.18. The monoisotopic (exact) mass is 333 g/mol. The second kappa shape index (κ2) is 7.23. The van der Waals surface area contributed by atoms with Crippen molar-refractivity contribution in [2.45, 2.75) is 89.3 Å². The number of piperidine rings is 1. The van der Waals surface area contributed by atoms with Crippen LogP contribution in [-0.4, -0.2) is 53.6 Å². The Morgan fingerprint density at radius 2 is 1.58 bits per heavy atom. The number of nitrogens with one attached hydrogen (secondary N) is 1. The lowest BCUT2D eigenvalue weighted by Gasteiger charge is -2.50. The zero-order valence-electron chi connectivity index (χ0n) is 15.4. The molecule has 0 aromatic rings. The molecule has 2 heterocycles. The maximum absolute atomic E-state index is 12.6. The van der Waals surface area contributed by atoms with E-state index < -0.39 is 0 Å². The van der Waals surface area contributed by atoms with Gasteiger partial charge in [0.1, 0.15) is 0 Å². The summed E-state index contributed by atoms with van der Waals surface area (Å²) in [5.41, 5.74) is 0. The fraction of sp³-hybridized carbons (Fsp3) is 0.950. The van der Waals surface area contributed by atoms with Gasteiger partial charge in [0.25, 0.3) is 0 Å². The van der Waals surface area contributed by atoms with Crippen LogP contribution in [0.5, 0.6) is 0 Å². The fourth-order valence-corrected chi connectivity index (χ4v) is 5.83. The molecule has 0 radical (unpaired) electrons. The molecule has 2 aliphatic heterocycles. The Morgan fingerprint density at radius 3 is 2.33 bits per heavy atom. The minimum absolute atomic E-state index is 0.225. The van der Waals surface area contributed by atoms with Crippen LogP contribution in [0.2, 0.25) is 0 Å². The highest BCUT2D eigenvalue weighted by Crippen LogP contribution is 2.35. The summed E-state index contributed by atoms with van der Waals surface area (Å²) in [4.78, 5) is 17.6. The topological polar surface area (TPSA) is 35.6 Å². The summed E-state index contributed by atoms with van der Waals surface area (Å²) in [7, 11) is 0. The Balaban J connectivity index is 1.35. The molecule has 0 spiro atoms. The van der Waals surface area contributed by atoms with Crippen molar-refractivity contribution in [2.75, 3.05) is 19.6 Å². The average Bonchev–Trinajstić information content (AvgIpc) is 2.63. The van der Waals surface area contributed by atoms with E-state index in [0.29, 0.717) is 18.0 Å². The quantitative estimate of drug-likeness (QED) is 0.838. The molecule has 2 atom stereocenters. The van der Waals surface area contributed by atoms with Crippen LogP contribution in [0.3, 0.4) is 0 Å². The number of hydrogen-bond donors (Lipinski definition) is 1. The molecule has 2 aliphatic carbocycles. The van der Waals surface area contributed by atoms with Gasteiger partial charge in [-0.2, -0.15) is 0 Å². The van der Waals surface area contributed by atoms with Crippen LogP contribution in [0.4, 0.5) is 4.79 Å². The van der Waals surface area contributed by atoms with Crippen molar-refractivity contribution in [3.8, 4) is 0 Å². The first-order chi connectivity index (χ1) is 11.7. The highest BCUT2D eigenvalue weighted by Gasteiger charge is 2.41. The number of rotatable bonds is 2. The number of fused-ring (bicyclic) bond motifs is 1. The Kier molecular flexibility index (Phi) is 5.03. The largest absolute Gasteiger partial charge is 0.338 e. The van der Waals surface area contributed by atoms with Crippen molar-refractivity contribution in [1.82, 2.24) is 15.1 Å². The van der Waals surface area contributed by atoms with Gasteiger partial charge in [-0.15, -0.1) is 0 Å². The molecule has 2 amide bonds. The number of hydrogen-bond acceptors (Lipinski definition) is 2. The predicted octanol–water partition coefficient (Wildman–Crippen LogP) is 3.61. The van der Waals surface area contributed by atoms with Crippen LogP contribution < -0.4 is 5.32 Å². The van der Waals surface area contributed by atoms with E-state index in [1.54, 1.807) is 0 Å². The van der Waals surface area contributed by atoms with E-state index in [2.05, 4.69) is 22.0 Å². The van der Waals surface area contributed by atoms with Crippen molar-refractivity contribution in [2.24, 2.45) is 11.8 Å². The molecular formula is C20H35N3O. The van der Waals surface area contributed by atoms with Gasteiger partial charge in [0, 0.05) is 37.8 Å². The van der Waals surface area contributed by atoms with Crippen molar-refractivity contribution in [3.05, 3.63) is 0 Å². The molecule has 136 valence electrons. The lowest BCUT2D eigenvalue weighted by Crippen LogP contribution is -2.63. The fourth-order valence-electron chi connectivity index (χ4n) is 5.83. The van der Waals surface area contributed by atoms with Gasteiger partial charge < -0.3 is 15.1 Å². The van der Waals surface area contributed by atoms with Crippen LogP contribution in [-0.2, 0) is 0 Å². The first kappa shape index (κ1) is 16.7. The van der Waals surface area contributed by atoms with E-state index >= 15 is 0 Å². The summed E-state index contributed by atoms with van der Waals surface area (Å²) in [6, 6.07) is 2.05. The van der Waals surface area contributed by atoms with Gasteiger partial charge in [0.2, 0.25) is 0 Å². The molecule has 0 bridgehead atoms. The van der Waals surface area contributed by atoms with Gasteiger partial charge in [-0.3, -0.25) is 0 Å². The van der Waals surface area contributed by atoms with E-state index in [1.807, 2.05) is 0 Å². The normalized spacial score (nSPS) is 39.4. The lowest BCUT2D eigenvalue weighted by molar-refractivity contribution is 0.0262. The van der Waals surface area contributed by atoms with Gasteiger partial charge in [0.15, 0.2) is 0 Å². The maximum atomic E-state index is 12.6. The predicted molar refractivity (Wildman–Crippen MR) is 97.0 cm³/mol. The summed E-state index contributed by atoms with van der Waals surface area (Å²) in [6.07, 6.45) is 13.2. The van der Waals surface area contributed by atoms with Crippen molar-refractivity contribution >= 4 is 6.03 Å². The van der Waals surface area contributed by atoms with Crippen molar-refractivity contribution in [3.63, 3.8) is 0 Å². The molecule has 4 heteroatoms. The first-order valence-electron chi connectivity index (χ1n) is 10.5. The molecular weight excluding hydrogens is 298 g/mol. The number of carbonyl (C=O) groups is 1. The molecule has 4 fully saturated rings. The van der Waals surface area contributed by atoms with Crippen LogP contribution in [0.25, 0.3) is 0 Å². The lowest BCUT2D eigenvalue weighted by atomic mass is 9.80. The molecule has 4 nitrogen and oxygen atoms in total. The Hall–Kier alpha value is -0.770. The molecule has 24 heavy (non-hydrogen) atoms. The number of carbonyl (C=O) groups excluding carboxylic acids is 1. The van der Waals surface area contributed by atoms with Crippen LogP contribution in [0.15, 0.2) is 0 Å². The molecule has 2 saturated heterocycles. The van der Waals surface area contributed by atoms with Crippen molar-refractivity contribution in [1.29, 1.82) is 0 Å². The van der Waals surface area contributed by atoms with E-state index in [-0.39, 0.29) is 6.03 Å². The Morgan fingerprint density at radius 1 is 0.875 bits per heavy atom. The van der Waals surface area contributed by atoms with Crippen molar-refractivity contribution < 1.29 is 4.79 Å². The smallest absolute Gasteiger partial charge is 0.317 e. The summed E-state index contributed by atoms with van der Waals surface area (Å²) >= 11 is 0. The SMILES string of the molecule is CC1CCC(N2CCC(N3C(=O)NCC4CCCCC43)CC2)CC1.